The molecule has 0 atom stereocenters. The number of carbonyl (C=O) groups excluding carboxylic acids is 1. The molecule has 7 heteroatoms. The minimum atomic E-state index is -0.971. The third-order valence-corrected chi connectivity index (χ3v) is 3.21. The molecular weight excluding hydrogens is 272 g/mol. The van der Waals surface area contributed by atoms with Crippen molar-refractivity contribution in [1.29, 1.82) is 0 Å². The normalized spacial score (nSPS) is 11.2. The van der Waals surface area contributed by atoms with Crippen molar-refractivity contribution in [3.63, 3.8) is 0 Å². The van der Waals surface area contributed by atoms with E-state index in [1.807, 2.05) is 24.6 Å². The van der Waals surface area contributed by atoms with Crippen molar-refractivity contribution < 1.29 is 14.7 Å². The van der Waals surface area contributed by atoms with Crippen LogP contribution in [-0.4, -0.2) is 40.0 Å². The quantitative estimate of drug-likeness (QED) is 0.661. The van der Waals surface area contributed by atoms with Crippen LogP contribution in [0.15, 0.2) is 6.07 Å². The van der Waals surface area contributed by atoms with Gasteiger partial charge in [0, 0.05) is 25.3 Å². The van der Waals surface area contributed by atoms with Gasteiger partial charge in [0.2, 0.25) is 0 Å². The van der Waals surface area contributed by atoms with Gasteiger partial charge in [-0.1, -0.05) is 0 Å². The average Bonchev–Trinajstić information content (AvgIpc) is 2.70. The van der Waals surface area contributed by atoms with Gasteiger partial charge in [0.15, 0.2) is 0 Å². The highest BCUT2D eigenvalue weighted by Gasteiger charge is 2.27. The third kappa shape index (κ3) is 5.45. The van der Waals surface area contributed by atoms with E-state index in [-0.39, 0.29) is 12.6 Å². The maximum absolute atomic E-state index is 11.6. The number of amides is 2. The average molecular weight is 296 g/mol. The summed E-state index contributed by atoms with van der Waals surface area (Å²) in [7, 11) is 0. The Morgan fingerprint density at radius 3 is 2.52 bits per heavy atom. The SMILES string of the molecule is Cc1cc(C)n(CCCNC(=O)NCC(C)(C)C(=O)O)n1. The van der Waals surface area contributed by atoms with Gasteiger partial charge < -0.3 is 15.7 Å². The number of nitrogens with one attached hydrogen (secondary N) is 2. The van der Waals surface area contributed by atoms with Crippen molar-refractivity contribution in [2.75, 3.05) is 13.1 Å². The number of rotatable bonds is 7. The zero-order valence-corrected chi connectivity index (χ0v) is 13.1. The van der Waals surface area contributed by atoms with Crippen molar-refractivity contribution in [1.82, 2.24) is 20.4 Å². The number of hydrogen-bond acceptors (Lipinski definition) is 3. The molecule has 1 aromatic rings. The molecule has 0 aliphatic heterocycles. The largest absolute Gasteiger partial charge is 0.481 e. The van der Waals surface area contributed by atoms with E-state index in [0.717, 1.165) is 24.4 Å². The lowest BCUT2D eigenvalue weighted by molar-refractivity contribution is -0.146. The second kappa shape index (κ2) is 7.10. The van der Waals surface area contributed by atoms with Gasteiger partial charge in [-0.3, -0.25) is 9.48 Å². The van der Waals surface area contributed by atoms with Crippen LogP contribution in [-0.2, 0) is 11.3 Å². The minimum absolute atomic E-state index is 0.0889. The molecule has 1 heterocycles. The molecule has 0 saturated carbocycles. The van der Waals surface area contributed by atoms with E-state index in [1.54, 1.807) is 13.8 Å². The molecule has 2 amide bonds. The van der Waals surface area contributed by atoms with Crippen LogP contribution >= 0.6 is 0 Å². The summed E-state index contributed by atoms with van der Waals surface area (Å²) in [6.45, 7) is 8.41. The predicted octanol–water partition coefficient (Wildman–Crippen LogP) is 1.30. The highest BCUT2D eigenvalue weighted by atomic mass is 16.4. The van der Waals surface area contributed by atoms with Crippen molar-refractivity contribution in [2.24, 2.45) is 5.41 Å². The molecule has 1 rings (SSSR count). The van der Waals surface area contributed by atoms with Crippen LogP contribution in [0.3, 0.4) is 0 Å². The number of carboxylic acids is 1. The van der Waals surface area contributed by atoms with Gasteiger partial charge in [0.05, 0.1) is 11.1 Å². The molecule has 0 aliphatic carbocycles. The summed E-state index contributed by atoms with van der Waals surface area (Å²) in [6, 6.07) is 1.66. The summed E-state index contributed by atoms with van der Waals surface area (Å²) in [5.74, 6) is -0.938. The number of aryl methyl sites for hydroxylation is 3. The molecule has 0 saturated heterocycles. The van der Waals surface area contributed by atoms with Crippen LogP contribution < -0.4 is 10.6 Å². The number of nitrogens with zero attached hydrogens (tertiary/aromatic N) is 2. The van der Waals surface area contributed by atoms with E-state index in [1.165, 1.54) is 0 Å². The molecule has 7 nitrogen and oxygen atoms in total. The Kier molecular flexibility index (Phi) is 5.75. The Morgan fingerprint density at radius 1 is 1.33 bits per heavy atom. The number of aliphatic carboxylic acids is 1. The van der Waals surface area contributed by atoms with Crippen LogP contribution in [0.1, 0.15) is 31.7 Å². The van der Waals surface area contributed by atoms with E-state index in [9.17, 15) is 9.59 Å². The number of aromatic nitrogens is 2. The van der Waals surface area contributed by atoms with Gasteiger partial charge >= 0.3 is 12.0 Å². The molecule has 118 valence electrons. The minimum Gasteiger partial charge on any atom is -0.481 e. The van der Waals surface area contributed by atoms with Crippen molar-refractivity contribution in [3.8, 4) is 0 Å². The lowest BCUT2D eigenvalue weighted by atomic mass is 9.94. The van der Waals surface area contributed by atoms with Crippen LogP contribution in [0.4, 0.5) is 4.79 Å². The fourth-order valence-electron chi connectivity index (χ4n) is 1.77. The number of hydrogen-bond donors (Lipinski definition) is 3. The number of urea groups is 1. The summed E-state index contributed by atoms with van der Waals surface area (Å²) in [4.78, 5) is 22.5. The van der Waals surface area contributed by atoms with Crippen molar-refractivity contribution >= 4 is 12.0 Å². The van der Waals surface area contributed by atoms with Crippen LogP contribution in [0.5, 0.6) is 0 Å². The van der Waals surface area contributed by atoms with Gasteiger partial charge in [-0.25, -0.2) is 4.79 Å². The van der Waals surface area contributed by atoms with E-state index < -0.39 is 11.4 Å². The third-order valence-electron chi connectivity index (χ3n) is 3.21. The molecule has 0 fully saturated rings. The Labute approximate surface area is 124 Å². The monoisotopic (exact) mass is 296 g/mol. The highest BCUT2D eigenvalue weighted by molar-refractivity contribution is 5.77. The zero-order chi connectivity index (χ0) is 16.0. The second-order valence-electron chi connectivity index (χ2n) is 5.80. The van der Waals surface area contributed by atoms with Crippen molar-refractivity contribution in [2.45, 2.75) is 40.7 Å². The Morgan fingerprint density at radius 2 is 2.00 bits per heavy atom. The van der Waals surface area contributed by atoms with Gasteiger partial charge in [-0.15, -0.1) is 0 Å². The first kappa shape index (κ1) is 17.0. The maximum Gasteiger partial charge on any atom is 0.314 e. The fourth-order valence-corrected chi connectivity index (χ4v) is 1.77. The first-order chi connectivity index (χ1) is 9.72. The summed E-state index contributed by atoms with van der Waals surface area (Å²) >= 11 is 0. The highest BCUT2D eigenvalue weighted by Crippen LogP contribution is 2.12. The zero-order valence-electron chi connectivity index (χ0n) is 13.1. The summed E-state index contributed by atoms with van der Waals surface area (Å²) in [6.07, 6.45) is 0.762. The Bertz CT molecular complexity index is 508. The number of carbonyl (C=O) groups is 2. The summed E-state index contributed by atoms with van der Waals surface area (Å²) < 4.78 is 1.91. The second-order valence-corrected chi connectivity index (χ2v) is 5.80. The van der Waals surface area contributed by atoms with Gasteiger partial charge in [0.25, 0.3) is 0 Å². The molecule has 21 heavy (non-hydrogen) atoms. The molecular formula is C14H24N4O3. The first-order valence-corrected chi connectivity index (χ1v) is 6.98. The molecule has 0 aromatic carbocycles. The molecule has 3 N–H and O–H groups in total. The Balaban J connectivity index is 2.22. The van der Waals surface area contributed by atoms with Crippen LogP contribution in [0, 0.1) is 19.3 Å². The molecule has 1 aromatic heterocycles. The smallest absolute Gasteiger partial charge is 0.314 e. The van der Waals surface area contributed by atoms with Gasteiger partial charge in [0.1, 0.15) is 0 Å². The number of carboxylic acid groups (broad SMARTS) is 1. The maximum atomic E-state index is 11.6. The molecule has 0 spiro atoms. The van der Waals surface area contributed by atoms with Gasteiger partial charge in [-0.2, -0.15) is 5.10 Å². The van der Waals surface area contributed by atoms with E-state index in [0.29, 0.717) is 6.54 Å². The van der Waals surface area contributed by atoms with E-state index >= 15 is 0 Å². The molecule has 0 bridgehead atoms. The van der Waals surface area contributed by atoms with E-state index in [4.69, 9.17) is 5.11 Å². The fraction of sp³-hybridized carbons (Fsp3) is 0.643. The standard InChI is InChI=1S/C14H24N4O3/c1-10-8-11(2)18(17-10)7-5-6-15-13(21)16-9-14(3,4)12(19)20/h8H,5-7,9H2,1-4H3,(H,19,20)(H2,15,16,21). The lowest BCUT2D eigenvalue weighted by Crippen LogP contribution is -2.43. The Hall–Kier alpha value is -2.05. The van der Waals surface area contributed by atoms with Gasteiger partial charge in [-0.05, 0) is 40.2 Å². The topological polar surface area (TPSA) is 96.2 Å². The molecule has 0 radical (unpaired) electrons. The van der Waals surface area contributed by atoms with Crippen LogP contribution in [0.2, 0.25) is 0 Å². The van der Waals surface area contributed by atoms with Crippen LogP contribution in [0.25, 0.3) is 0 Å². The summed E-state index contributed by atoms with van der Waals surface area (Å²) in [5.41, 5.74) is 1.11. The van der Waals surface area contributed by atoms with Crippen molar-refractivity contribution in [3.05, 3.63) is 17.5 Å². The van der Waals surface area contributed by atoms with E-state index in [2.05, 4.69) is 15.7 Å². The first-order valence-electron chi connectivity index (χ1n) is 6.98. The predicted molar refractivity (Wildman–Crippen MR) is 79.1 cm³/mol. The molecule has 0 unspecified atom stereocenters. The lowest BCUT2D eigenvalue weighted by Gasteiger charge is -2.19. The summed E-state index contributed by atoms with van der Waals surface area (Å²) in [5, 5.41) is 18.6. The molecule has 0 aliphatic rings.